The van der Waals surface area contributed by atoms with E-state index in [0.717, 1.165) is 0 Å². The van der Waals surface area contributed by atoms with Gasteiger partial charge in [-0.05, 0) is 28.1 Å². The second kappa shape index (κ2) is 3.46. The van der Waals surface area contributed by atoms with Crippen LogP contribution in [0.2, 0.25) is 0 Å². The Morgan fingerprint density at radius 1 is 1.54 bits per heavy atom. The molecule has 66 valence electrons. The highest BCUT2D eigenvalue weighted by Gasteiger charge is 2.10. The molecule has 0 radical (unpaired) electrons. The van der Waals surface area contributed by atoms with Crippen molar-refractivity contribution in [2.75, 3.05) is 5.73 Å². The molecule has 0 bridgehead atoms. The molecule has 1 rings (SSSR count). The number of nitrogens with two attached hydrogens (primary N) is 2. The number of hydrogen-bond acceptors (Lipinski definition) is 3. The zero-order chi connectivity index (χ0) is 10.0. The van der Waals surface area contributed by atoms with Gasteiger partial charge in [0.1, 0.15) is 0 Å². The second-order valence-corrected chi connectivity index (χ2v) is 3.25. The van der Waals surface area contributed by atoms with E-state index in [1.54, 1.807) is 0 Å². The summed E-state index contributed by atoms with van der Waals surface area (Å²) in [4.78, 5) is 10.9. The van der Waals surface area contributed by atoms with Crippen molar-refractivity contribution in [3.8, 4) is 6.07 Å². The number of primary amides is 1. The van der Waals surface area contributed by atoms with Crippen molar-refractivity contribution in [3.63, 3.8) is 0 Å². The van der Waals surface area contributed by atoms with Crippen LogP contribution < -0.4 is 11.5 Å². The molecule has 0 saturated heterocycles. The summed E-state index contributed by atoms with van der Waals surface area (Å²) in [7, 11) is 0. The summed E-state index contributed by atoms with van der Waals surface area (Å²) < 4.78 is 0.500. The van der Waals surface area contributed by atoms with E-state index < -0.39 is 5.91 Å². The Labute approximate surface area is 83.3 Å². The molecular weight excluding hydrogens is 234 g/mol. The molecule has 0 heterocycles. The van der Waals surface area contributed by atoms with Crippen LogP contribution in [0.4, 0.5) is 5.69 Å². The molecule has 13 heavy (non-hydrogen) atoms. The fourth-order valence-corrected chi connectivity index (χ4v) is 1.35. The van der Waals surface area contributed by atoms with Gasteiger partial charge in [-0.15, -0.1) is 0 Å². The predicted octanol–water partition coefficient (Wildman–Crippen LogP) is 1.00. The van der Waals surface area contributed by atoms with Crippen LogP contribution in [-0.4, -0.2) is 5.91 Å². The van der Waals surface area contributed by atoms with Crippen LogP contribution in [0.1, 0.15) is 15.9 Å². The molecule has 0 atom stereocenters. The highest BCUT2D eigenvalue weighted by atomic mass is 79.9. The molecule has 4 nitrogen and oxygen atoms in total. The van der Waals surface area contributed by atoms with Crippen molar-refractivity contribution in [2.24, 2.45) is 5.73 Å². The van der Waals surface area contributed by atoms with Crippen molar-refractivity contribution in [3.05, 3.63) is 27.7 Å². The van der Waals surface area contributed by atoms with E-state index in [1.165, 1.54) is 12.1 Å². The molecule has 1 aromatic rings. The first-order valence-corrected chi connectivity index (χ1v) is 4.14. The fourth-order valence-electron chi connectivity index (χ4n) is 0.886. The van der Waals surface area contributed by atoms with Crippen LogP contribution in [0, 0.1) is 11.3 Å². The van der Waals surface area contributed by atoms with E-state index in [1.807, 2.05) is 6.07 Å². The summed E-state index contributed by atoms with van der Waals surface area (Å²) >= 11 is 3.12. The molecular formula is C8H6BrN3O. The third-order valence-corrected chi connectivity index (χ3v) is 2.18. The van der Waals surface area contributed by atoms with Gasteiger partial charge in [0.15, 0.2) is 0 Å². The van der Waals surface area contributed by atoms with Gasteiger partial charge >= 0.3 is 0 Å². The van der Waals surface area contributed by atoms with E-state index in [4.69, 9.17) is 16.7 Å². The highest BCUT2D eigenvalue weighted by molar-refractivity contribution is 9.10. The molecule has 0 aliphatic carbocycles. The van der Waals surface area contributed by atoms with E-state index in [0.29, 0.717) is 10.0 Å². The number of amides is 1. The normalized spacial score (nSPS) is 9.23. The molecule has 0 aliphatic rings. The minimum absolute atomic E-state index is 0.158. The molecule has 0 fully saturated rings. The molecule has 0 spiro atoms. The third kappa shape index (κ3) is 1.79. The lowest BCUT2D eigenvalue weighted by Crippen LogP contribution is -2.14. The summed E-state index contributed by atoms with van der Waals surface area (Å²) in [5, 5.41) is 8.60. The molecule has 1 aromatic carbocycles. The Bertz CT molecular complexity index is 409. The fraction of sp³-hybridized carbons (Fsp3) is 0. The molecule has 0 aliphatic heterocycles. The second-order valence-electron chi connectivity index (χ2n) is 2.40. The SMILES string of the molecule is N#Cc1cc(Br)c(N)c(C(N)=O)c1. The van der Waals surface area contributed by atoms with E-state index in [2.05, 4.69) is 15.9 Å². The van der Waals surface area contributed by atoms with Gasteiger partial charge in [-0.3, -0.25) is 4.79 Å². The van der Waals surface area contributed by atoms with Crippen molar-refractivity contribution in [2.45, 2.75) is 0 Å². The van der Waals surface area contributed by atoms with Crippen molar-refractivity contribution >= 4 is 27.5 Å². The molecule has 1 amide bonds. The summed E-state index contributed by atoms with van der Waals surface area (Å²) in [5.74, 6) is -0.643. The van der Waals surface area contributed by atoms with E-state index >= 15 is 0 Å². The monoisotopic (exact) mass is 239 g/mol. The highest BCUT2D eigenvalue weighted by Crippen LogP contribution is 2.24. The standard InChI is InChI=1S/C8H6BrN3O/c9-6-2-4(3-10)1-5(7(6)11)8(12)13/h1-2H,11H2,(H2,12,13). The summed E-state index contributed by atoms with van der Waals surface area (Å²) in [6.07, 6.45) is 0. The molecule has 0 unspecified atom stereocenters. The van der Waals surface area contributed by atoms with Gasteiger partial charge in [0.25, 0.3) is 5.91 Å². The van der Waals surface area contributed by atoms with Crippen molar-refractivity contribution in [1.82, 2.24) is 0 Å². The zero-order valence-electron chi connectivity index (χ0n) is 6.54. The maximum absolute atomic E-state index is 10.9. The van der Waals surface area contributed by atoms with Crippen LogP contribution in [0.25, 0.3) is 0 Å². The first kappa shape index (κ1) is 9.55. The topological polar surface area (TPSA) is 92.9 Å². The van der Waals surface area contributed by atoms with Gasteiger partial charge in [-0.2, -0.15) is 5.26 Å². The lowest BCUT2D eigenvalue weighted by Gasteiger charge is -2.03. The Hall–Kier alpha value is -1.54. The number of carbonyl (C=O) groups excluding carboxylic acids is 1. The van der Waals surface area contributed by atoms with Crippen LogP contribution >= 0.6 is 15.9 Å². The summed E-state index contributed by atoms with van der Waals surface area (Å²) in [6, 6.07) is 4.79. The van der Waals surface area contributed by atoms with E-state index in [9.17, 15) is 4.79 Å². The number of rotatable bonds is 1. The largest absolute Gasteiger partial charge is 0.397 e. The molecule has 5 heteroatoms. The number of nitrogen functional groups attached to an aromatic ring is 1. The summed E-state index contributed by atoms with van der Waals surface area (Å²) in [5.41, 5.74) is 11.4. The smallest absolute Gasteiger partial charge is 0.250 e. The lowest BCUT2D eigenvalue weighted by molar-refractivity contribution is 0.100. The average molecular weight is 240 g/mol. The Morgan fingerprint density at radius 2 is 2.15 bits per heavy atom. The molecule has 0 saturated carbocycles. The number of halogens is 1. The number of nitriles is 1. The van der Waals surface area contributed by atoms with Gasteiger partial charge < -0.3 is 11.5 Å². The Balaban J connectivity index is 3.44. The maximum Gasteiger partial charge on any atom is 0.250 e. The lowest BCUT2D eigenvalue weighted by atomic mass is 10.1. The minimum Gasteiger partial charge on any atom is -0.397 e. The van der Waals surface area contributed by atoms with E-state index in [-0.39, 0.29) is 11.3 Å². The van der Waals surface area contributed by atoms with Crippen LogP contribution in [0.5, 0.6) is 0 Å². The first-order chi connectivity index (χ1) is 6.06. The third-order valence-electron chi connectivity index (χ3n) is 1.52. The zero-order valence-corrected chi connectivity index (χ0v) is 8.13. The van der Waals surface area contributed by atoms with Crippen molar-refractivity contribution in [1.29, 1.82) is 5.26 Å². The van der Waals surface area contributed by atoms with Gasteiger partial charge in [0.2, 0.25) is 0 Å². The van der Waals surface area contributed by atoms with Crippen LogP contribution in [-0.2, 0) is 0 Å². The van der Waals surface area contributed by atoms with Crippen LogP contribution in [0.3, 0.4) is 0 Å². The Kier molecular flexibility index (Phi) is 2.54. The molecule has 0 aromatic heterocycles. The first-order valence-electron chi connectivity index (χ1n) is 3.35. The number of anilines is 1. The van der Waals surface area contributed by atoms with Gasteiger partial charge in [-0.25, -0.2) is 0 Å². The quantitative estimate of drug-likeness (QED) is 0.717. The number of carbonyl (C=O) groups is 1. The molecule has 4 N–H and O–H groups in total. The predicted molar refractivity (Wildman–Crippen MR) is 51.8 cm³/mol. The van der Waals surface area contributed by atoms with Crippen molar-refractivity contribution < 1.29 is 4.79 Å². The number of hydrogen-bond donors (Lipinski definition) is 2. The number of benzene rings is 1. The summed E-state index contributed by atoms with van der Waals surface area (Å²) in [6.45, 7) is 0. The van der Waals surface area contributed by atoms with Gasteiger partial charge in [-0.1, -0.05) is 0 Å². The van der Waals surface area contributed by atoms with Crippen LogP contribution in [0.15, 0.2) is 16.6 Å². The minimum atomic E-state index is -0.643. The average Bonchev–Trinajstić information content (AvgIpc) is 2.09. The maximum atomic E-state index is 10.9. The Morgan fingerprint density at radius 3 is 2.62 bits per heavy atom. The number of nitrogens with zero attached hydrogens (tertiary/aromatic N) is 1. The van der Waals surface area contributed by atoms with Gasteiger partial charge in [0.05, 0.1) is 22.9 Å². The van der Waals surface area contributed by atoms with Gasteiger partial charge in [0, 0.05) is 4.47 Å².